The summed E-state index contributed by atoms with van der Waals surface area (Å²) in [5.41, 5.74) is 1.78. The average Bonchev–Trinajstić information content (AvgIpc) is 2.72. The highest BCUT2D eigenvalue weighted by molar-refractivity contribution is 5.94. The third-order valence-electron chi connectivity index (χ3n) is 4.25. The molecule has 2 aromatic rings. The van der Waals surface area contributed by atoms with Crippen LogP contribution in [0.1, 0.15) is 48.2 Å². The monoisotopic (exact) mass is 402 g/mol. The van der Waals surface area contributed by atoms with Crippen molar-refractivity contribution in [2.45, 2.75) is 39.8 Å². The average molecular weight is 402 g/mol. The Hall–Kier alpha value is -2.96. The topological polar surface area (TPSA) is 65.5 Å². The number of carbonyl (C=O) groups excluding carboxylic acids is 1. The van der Waals surface area contributed by atoms with E-state index in [1.54, 1.807) is 12.1 Å². The molecule has 0 bridgehead atoms. The van der Waals surface area contributed by atoms with Gasteiger partial charge in [-0.1, -0.05) is 25.5 Å². The predicted octanol–water partition coefficient (Wildman–Crippen LogP) is 3.75. The summed E-state index contributed by atoms with van der Waals surface area (Å²) in [5, 5.41) is 8.96. The van der Waals surface area contributed by atoms with Gasteiger partial charge in [0.25, 0.3) is 5.91 Å². The Labute approximate surface area is 170 Å². The molecule has 0 spiro atoms. The van der Waals surface area contributed by atoms with Gasteiger partial charge in [-0.2, -0.15) is 0 Å². The number of benzene rings is 2. The van der Waals surface area contributed by atoms with Crippen molar-refractivity contribution in [3.63, 3.8) is 0 Å². The van der Waals surface area contributed by atoms with Crippen LogP contribution in [0.2, 0.25) is 0 Å². The van der Waals surface area contributed by atoms with Crippen LogP contribution in [0, 0.1) is 11.6 Å². The molecule has 0 aliphatic heterocycles. The van der Waals surface area contributed by atoms with Crippen LogP contribution >= 0.6 is 0 Å². The molecule has 1 amide bonds. The van der Waals surface area contributed by atoms with Crippen molar-refractivity contribution in [2.24, 2.45) is 4.99 Å². The van der Waals surface area contributed by atoms with Gasteiger partial charge in [0, 0.05) is 30.8 Å². The second-order valence-corrected chi connectivity index (χ2v) is 6.59. The van der Waals surface area contributed by atoms with Crippen LogP contribution in [0.4, 0.5) is 8.78 Å². The first kappa shape index (κ1) is 22.3. The minimum Gasteiger partial charge on any atom is -0.357 e. The van der Waals surface area contributed by atoms with Crippen molar-refractivity contribution in [3.05, 3.63) is 70.8 Å². The maximum atomic E-state index is 13.8. The van der Waals surface area contributed by atoms with Gasteiger partial charge in [0.05, 0.1) is 6.54 Å². The van der Waals surface area contributed by atoms with Gasteiger partial charge < -0.3 is 16.0 Å². The Bertz CT molecular complexity index is 822. The van der Waals surface area contributed by atoms with E-state index in [9.17, 15) is 13.6 Å². The second kappa shape index (κ2) is 11.8. The van der Waals surface area contributed by atoms with E-state index in [1.807, 2.05) is 19.1 Å². The maximum absolute atomic E-state index is 13.8. The molecule has 2 aromatic carbocycles. The molecule has 0 atom stereocenters. The molecule has 0 saturated carbocycles. The van der Waals surface area contributed by atoms with Gasteiger partial charge in [0.1, 0.15) is 11.6 Å². The normalized spacial score (nSPS) is 11.2. The number of amides is 1. The Balaban J connectivity index is 1.95. The zero-order chi connectivity index (χ0) is 21.1. The van der Waals surface area contributed by atoms with Crippen LogP contribution in [-0.2, 0) is 13.1 Å². The lowest BCUT2D eigenvalue weighted by atomic mass is 10.1. The van der Waals surface area contributed by atoms with E-state index in [4.69, 9.17) is 0 Å². The molecule has 2 rings (SSSR count). The lowest BCUT2D eigenvalue weighted by molar-refractivity contribution is 0.0953. The molecule has 0 heterocycles. The number of rotatable bonds is 9. The highest BCUT2D eigenvalue weighted by atomic mass is 19.1. The van der Waals surface area contributed by atoms with Gasteiger partial charge in [-0.3, -0.25) is 4.79 Å². The number of hydrogen-bond acceptors (Lipinski definition) is 2. The first-order valence-electron chi connectivity index (χ1n) is 9.86. The Kier molecular flexibility index (Phi) is 9.08. The van der Waals surface area contributed by atoms with Crippen LogP contribution in [0.5, 0.6) is 0 Å². The van der Waals surface area contributed by atoms with Gasteiger partial charge in [-0.25, -0.2) is 13.8 Å². The SMILES string of the molecule is CCCCNC(=O)c1ccc(CN=C(NCC)NCc2cc(F)ccc2F)cc1. The molecular weight excluding hydrogens is 374 g/mol. The zero-order valence-electron chi connectivity index (χ0n) is 16.9. The van der Waals surface area contributed by atoms with Crippen molar-refractivity contribution in [1.82, 2.24) is 16.0 Å². The molecule has 0 saturated heterocycles. The number of nitrogens with one attached hydrogen (secondary N) is 3. The first-order valence-corrected chi connectivity index (χ1v) is 9.86. The van der Waals surface area contributed by atoms with Crippen LogP contribution in [-0.4, -0.2) is 25.0 Å². The van der Waals surface area contributed by atoms with Gasteiger partial charge >= 0.3 is 0 Å². The number of hydrogen-bond donors (Lipinski definition) is 3. The smallest absolute Gasteiger partial charge is 0.251 e. The van der Waals surface area contributed by atoms with E-state index in [0.717, 1.165) is 36.6 Å². The second-order valence-electron chi connectivity index (χ2n) is 6.59. The van der Waals surface area contributed by atoms with E-state index >= 15 is 0 Å². The Morgan fingerprint density at radius 3 is 2.45 bits per heavy atom. The molecule has 3 N–H and O–H groups in total. The van der Waals surface area contributed by atoms with Gasteiger partial charge in [-0.15, -0.1) is 0 Å². The predicted molar refractivity (Wildman–Crippen MR) is 112 cm³/mol. The Morgan fingerprint density at radius 1 is 1.00 bits per heavy atom. The van der Waals surface area contributed by atoms with Crippen molar-refractivity contribution < 1.29 is 13.6 Å². The van der Waals surface area contributed by atoms with Crippen LogP contribution in [0.15, 0.2) is 47.5 Å². The minimum absolute atomic E-state index is 0.0828. The summed E-state index contributed by atoms with van der Waals surface area (Å²) >= 11 is 0. The molecule has 5 nitrogen and oxygen atoms in total. The summed E-state index contributed by atoms with van der Waals surface area (Å²) in [7, 11) is 0. The number of guanidine groups is 1. The van der Waals surface area contributed by atoms with Crippen molar-refractivity contribution in [3.8, 4) is 0 Å². The molecule has 0 unspecified atom stereocenters. The van der Waals surface area contributed by atoms with Gasteiger partial charge in [0.2, 0.25) is 0 Å². The summed E-state index contributed by atoms with van der Waals surface area (Å²) in [4.78, 5) is 16.5. The van der Waals surface area contributed by atoms with Crippen molar-refractivity contribution in [2.75, 3.05) is 13.1 Å². The highest BCUT2D eigenvalue weighted by Crippen LogP contribution is 2.09. The molecule has 0 aromatic heterocycles. The first-order chi connectivity index (χ1) is 14.0. The molecule has 0 aliphatic rings. The molecule has 0 fully saturated rings. The minimum atomic E-state index is -0.482. The maximum Gasteiger partial charge on any atom is 0.251 e. The quantitative estimate of drug-likeness (QED) is 0.340. The van der Waals surface area contributed by atoms with Crippen LogP contribution in [0.25, 0.3) is 0 Å². The lowest BCUT2D eigenvalue weighted by Gasteiger charge is -2.12. The molecule has 0 aliphatic carbocycles. The van der Waals surface area contributed by atoms with Gasteiger partial charge in [-0.05, 0) is 49.2 Å². The fourth-order valence-electron chi connectivity index (χ4n) is 2.61. The summed E-state index contributed by atoms with van der Waals surface area (Å²) in [5.74, 6) is -0.537. The Morgan fingerprint density at radius 2 is 1.76 bits per heavy atom. The number of halogens is 2. The molecule has 0 radical (unpaired) electrons. The van der Waals surface area contributed by atoms with E-state index in [0.29, 0.717) is 31.2 Å². The third kappa shape index (κ3) is 7.52. The summed E-state index contributed by atoms with van der Waals surface area (Å²) < 4.78 is 27.1. The molecular formula is C22H28F2N4O. The van der Waals surface area contributed by atoms with Gasteiger partial charge in [0.15, 0.2) is 5.96 Å². The fourth-order valence-corrected chi connectivity index (χ4v) is 2.61. The zero-order valence-corrected chi connectivity index (χ0v) is 16.9. The largest absolute Gasteiger partial charge is 0.357 e. The standard InChI is InChI=1S/C22H28F2N4O/c1-3-5-12-26-21(29)17-8-6-16(7-9-17)14-27-22(25-4-2)28-15-18-13-19(23)10-11-20(18)24/h6-11,13H,3-5,12,14-15H2,1-2H3,(H,26,29)(H2,25,27,28). The van der Waals surface area contributed by atoms with E-state index < -0.39 is 11.6 Å². The van der Waals surface area contributed by atoms with E-state index in [1.165, 1.54) is 0 Å². The summed E-state index contributed by atoms with van der Waals surface area (Å²) in [6.45, 7) is 5.81. The number of unbranched alkanes of at least 4 members (excludes halogenated alkanes) is 1. The van der Waals surface area contributed by atoms with Crippen LogP contribution < -0.4 is 16.0 Å². The number of nitrogens with zero attached hydrogens (tertiary/aromatic N) is 1. The van der Waals surface area contributed by atoms with Crippen LogP contribution in [0.3, 0.4) is 0 Å². The third-order valence-corrected chi connectivity index (χ3v) is 4.25. The number of carbonyl (C=O) groups is 1. The summed E-state index contributed by atoms with van der Waals surface area (Å²) in [6.07, 6.45) is 1.99. The van der Waals surface area contributed by atoms with E-state index in [-0.39, 0.29) is 18.0 Å². The lowest BCUT2D eigenvalue weighted by Crippen LogP contribution is -2.37. The van der Waals surface area contributed by atoms with Crippen molar-refractivity contribution >= 4 is 11.9 Å². The molecule has 7 heteroatoms. The van der Waals surface area contributed by atoms with E-state index in [2.05, 4.69) is 27.9 Å². The summed E-state index contributed by atoms with van der Waals surface area (Å²) in [6, 6.07) is 10.6. The fraction of sp³-hybridized carbons (Fsp3) is 0.364. The highest BCUT2D eigenvalue weighted by Gasteiger charge is 2.06. The molecule has 29 heavy (non-hydrogen) atoms. The van der Waals surface area contributed by atoms with Crippen molar-refractivity contribution in [1.29, 1.82) is 0 Å². The number of aliphatic imine (C=N–C) groups is 1. The molecule has 156 valence electrons.